The molecule has 1 aliphatic rings. The molecule has 3 nitrogen and oxygen atoms in total. The Balaban J connectivity index is 2.60. The molecule has 0 aliphatic carbocycles. The van der Waals surface area contributed by atoms with Crippen LogP contribution in [0.25, 0.3) is 0 Å². The minimum atomic E-state index is -0.0402. The van der Waals surface area contributed by atoms with Crippen molar-refractivity contribution in [3.63, 3.8) is 0 Å². The lowest BCUT2D eigenvalue weighted by atomic mass is 9.94. The molecule has 0 bridgehead atoms. The van der Waals surface area contributed by atoms with Gasteiger partial charge in [-0.2, -0.15) is 0 Å². The number of rotatable bonds is 1. The maximum absolute atomic E-state index is 11.2. The van der Waals surface area contributed by atoms with Crippen LogP contribution in [0.1, 0.15) is 36.1 Å². The molecule has 1 unspecified atom stereocenters. The third kappa shape index (κ3) is 1.90. The predicted molar refractivity (Wildman–Crippen MR) is 68.8 cm³/mol. The molecule has 1 atom stereocenters. The van der Waals surface area contributed by atoms with E-state index in [1.54, 1.807) is 0 Å². The summed E-state index contributed by atoms with van der Waals surface area (Å²) in [5, 5.41) is 2.91. The second kappa shape index (κ2) is 4.06. The lowest BCUT2D eigenvalue weighted by molar-refractivity contribution is -0.114. The zero-order valence-corrected chi connectivity index (χ0v) is 11.1. The van der Waals surface area contributed by atoms with Gasteiger partial charge in [0.05, 0.1) is 5.69 Å². The van der Waals surface area contributed by atoms with Crippen LogP contribution in [0.3, 0.4) is 0 Å². The van der Waals surface area contributed by atoms with E-state index in [9.17, 15) is 4.79 Å². The fourth-order valence-corrected chi connectivity index (χ4v) is 2.50. The topological polar surface area (TPSA) is 38.3 Å². The molecule has 0 spiro atoms. The fraction of sp³-hybridized carbons (Fsp3) is 0.500. The maximum atomic E-state index is 11.2. The number of carbonyl (C=O) groups is 1. The van der Waals surface area contributed by atoms with Gasteiger partial charge in [0.1, 0.15) is 11.9 Å². The van der Waals surface area contributed by atoms with Crippen molar-refractivity contribution in [2.75, 3.05) is 5.32 Å². The molecule has 0 saturated heterocycles. The van der Waals surface area contributed by atoms with Gasteiger partial charge in [0.15, 0.2) is 0 Å². The van der Waals surface area contributed by atoms with Gasteiger partial charge < -0.3 is 10.1 Å². The lowest BCUT2D eigenvalue weighted by Crippen LogP contribution is -2.10. The zero-order chi connectivity index (χ0) is 12.7. The molecule has 1 aliphatic heterocycles. The van der Waals surface area contributed by atoms with Crippen molar-refractivity contribution >= 4 is 11.6 Å². The molecule has 1 aromatic rings. The van der Waals surface area contributed by atoms with Gasteiger partial charge in [0.25, 0.3) is 0 Å². The van der Waals surface area contributed by atoms with Crippen LogP contribution in [0, 0.1) is 20.8 Å². The Morgan fingerprint density at radius 1 is 1.24 bits per heavy atom. The first kappa shape index (κ1) is 12.0. The molecule has 2 rings (SSSR count). The first-order chi connectivity index (χ1) is 7.91. The van der Waals surface area contributed by atoms with Crippen LogP contribution >= 0.6 is 0 Å². The zero-order valence-electron chi connectivity index (χ0n) is 11.1. The van der Waals surface area contributed by atoms with Gasteiger partial charge in [-0.25, -0.2) is 0 Å². The average molecular weight is 233 g/mol. The van der Waals surface area contributed by atoms with Crippen LogP contribution in [-0.2, 0) is 11.2 Å². The van der Waals surface area contributed by atoms with Crippen LogP contribution in [0.2, 0.25) is 0 Å². The van der Waals surface area contributed by atoms with E-state index in [0.29, 0.717) is 0 Å². The van der Waals surface area contributed by atoms with Gasteiger partial charge in [-0.15, -0.1) is 0 Å². The number of hydrogen-bond donors (Lipinski definition) is 1. The highest BCUT2D eigenvalue weighted by molar-refractivity contribution is 5.91. The number of anilines is 1. The SMILES string of the molecule is CC(=O)Nc1c(C)c(C)c2c(c1C)OC(C)C2. The average Bonchev–Trinajstić information content (AvgIpc) is 2.63. The summed E-state index contributed by atoms with van der Waals surface area (Å²) in [5.74, 6) is 0.922. The molecule has 0 saturated carbocycles. The number of ether oxygens (including phenoxy) is 1. The highest BCUT2D eigenvalue weighted by Crippen LogP contribution is 2.41. The largest absolute Gasteiger partial charge is 0.490 e. The monoisotopic (exact) mass is 233 g/mol. The number of carbonyl (C=O) groups excluding carboxylic acids is 1. The van der Waals surface area contributed by atoms with Crippen molar-refractivity contribution in [1.29, 1.82) is 0 Å². The Labute approximate surface area is 102 Å². The summed E-state index contributed by atoms with van der Waals surface area (Å²) in [4.78, 5) is 11.2. The lowest BCUT2D eigenvalue weighted by Gasteiger charge is -2.17. The van der Waals surface area contributed by atoms with E-state index in [1.807, 2.05) is 6.92 Å². The van der Waals surface area contributed by atoms with Gasteiger partial charge in [0, 0.05) is 24.5 Å². The number of amides is 1. The molecule has 0 radical (unpaired) electrons. The van der Waals surface area contributed by atoms with E-state index in [0.717, 1.165) is 29.0 Å². The van der Waals surface area contributed by atoms with E-state index in [1.165, 1.54) is 18.1 Å². The number of hydrogen-bond acceptors (Lipinski definition) is 2. The molecule has 0 aromatic heterocycles. The third-order valence-electron chi connectivity index (χ3n) is 3.49. The van der Waals surface area contributed by atoms with Crippen LogP contribution in [-0.4, -0.2) is 12.0 Å². The Hall–Kier alpha value is -1.51. The van der Waals surface area contributed by atoms with Crippen molar-refractivity contribution < 1.29 is 9.53 Å². The number of benzene rings is 1. The molecule has 1 N–H and O–H groups in total. The Kier molecular flexibility index (Phi) is 2.86. The minimum Gasteiger partial charge on any atom is -0.490 e. The highest BCUT2D eigenvalue weighted by Gasteiger charge is 2.26. The third-order valence-corrected chi connectivity index (χ3v) is 3.49. The summed E-state index contributed by atoms with van der Waals surface area (Å²) < 4.78 is 5.84. The van der Waals surface area contributed by atoms with Gasteiger partial charge >= 0.3 is 0 Å². The summed E-state index contributed by atoms with van der Waals surface area (Å²) >= 11 is 0. The van der Waals surface area contributed by atoms with Crippen molar-refractivity contribution in [2.45, 2.75) is 47.1 Å². The number of nitrogens with one attached hydrogen (secondary N) is 1. The molecule has 1 aromatic carbocycles. The summed E-state index contributed by atoms with van der Waals surface area (Å²) in [7, 11) is 0. The first-order valence-corrected chi connectivity index (χ1v) is 5.98. The van der Waals surface area contributed by atoms with E-state index < -0.39 is 0 Å². The second-order valence-corrected chi connectivity index (χ2v) is 4.87. The van der Waals surface area contributed by atoms with Crippen LogP contribution in [0.5, 0.6) is 5.75 Å². The molecule has 3 heteroatoms. The van der Waals surface area contributed by atoms with Crippen molar-refractivity contribution in [1.82, 2.24) is 0 Å². The molecular formula is C14H19NO2. The molecule has 17 heavy (non-hydrogen) atoms. The van der Waals surface area contributed by atoms with E-state index >= 15 is 0 Å². The first-order valence-electron chi connectivity index (χ1n) is 5.98. The van der Waals surface area contributed by atoms with Crippen LogP contribution in [0.4, 0.5) is 5.69 Å². The number of fused-ring (bicyclic) bond motifs is 1. The summed E-state index contributed by atoms with van der Waals surface area (Å²) in [6, 6.07) is 0. The van der Waals surface area contributed by atoms with E-state index in [2.05, 4.69) is 26.1 Å². The Morgan fingerprint density at radius 3 is 2.47 bits per heavy atom. The van der Waals surface area contributed by atoms with Gasteiger partial charge in [-0.3, -0.25) is 4.79 Å². The normalized spacial score (nSPS) is 17.6. The maximum Gasteiger partial charge on any atom is 0.221 e. The molecular weight excluding hydrogens is 214 g/mol. The van der Waals surface area contributed by atoms with Crippen molar-refractivity contribution in [3.8, 4) is 5.75 Å². The second-order valence-electron chi connectivity index (χ2n) is 4.87. The van der Waals surface area contributed by atoms with Gasteiger partial charge in [-0.05, 0) is 38.8 Å². The van der Waals surface area contributed by atoms with Crippen LogP contribution < -0.4 is 10.1 Å². The minimum absolute atomic E-state index is 0.0402. The molecule has 1 amide bonds. The Morgan fingerprint density at radius 2 is 1.88 bits per heavy atom. The van der Waals surface area contributed by atoms with Crippen molar-refractivity contribution in [2.24, 2.45) is 0 Å². The van der Waals surface area contributed by atoms with Gasteiger partial charge in [0.2, 0.25) is 5.91 Å². The summed E-state index contributed by atoms with van der Waals surface area (Å²) in [6.45, 7) is 9.77. The highest BCUT2D eigenvalue weighted by atomic mass is 16.5. The summed E-state index contributed by atoms with van der Waals surface area (Å²) in [6.07, 6.45) is 1.19. The molecule has 0 fully saturated rings. The standard InChI is InChI=1S/C14H19NO2/c1-7-6-12-8(2)9(3)13(15-11(5)16)10(4)14(12)17-7/h7H,6H2,1-5H3,(H,15,16). The molecule has 92 valence electrons. The van der Waals surface area contributed by atoms with E-state index in [4.69, 9.17) is 4.74 Å². The van der Waals surface area contributed by atoms with Gasteiger partial charge in [-0.1, -0.05) is 0 Å². The Bertz CT molecular complexity index is 492. The molecule has 1 heterocycles. The van der Waals surface area contributed by atoms with E-state index in [-0.39, 0.29) is 12.0 Å². The van der Waals surface area contributed by atoms with Crippen LogP contribution in [0.15, 0.2) is 0 Å². The van der Waals surface area contributed by atoms with Crippen molar-refractivity contribution in [3.05, 3.63) is 22.3 Å². The smallest absolute Gasteiger partial charge is 0.221 e. The fourth-order valence-electron chi connectivity index (χ4n) is 2.50. The quantitative estimate of drug-likeness (QED) is 0.810. The summed E-state index contributed by atoms with van der Waals surface area (Å²) in [5.41, 5.74) is 5.62. The predicted octanol–water partition coefficient (Wildman–Crippen LogP) is 2.89.